The highest BCUT2D eigenvalue weighted by atomic mass is 16.6. The number of ether oxygens (including phenoxy) is 2. The zero-order valence-electron chi connectivity index (χ0n) is 9.44. The van der Waals surface area contributed by atoms with E-state index in [1.54, 1.807) is 0 Å². The van der Waals surface area contributed by atoms with E-state index in [4.69, 9.17) is 15.2 Å². The highest BCUT2D eigenvalue weighted by molar-refractivity contribution is 5.23. The van der Waals surface area contributed by atoms with E-state index in [9.17, 15) is 9.90 Å². The van der Waals surface area contributed by atoms with Gasteiger partial charge in [0.05, 0.1) is 12.7 Å². The van der Waals surface area contributed by atoms with Crippen LogP contribution in [0.4, 0.5) is 5.82 Å². The summed E-state index contributed by atoms with van der Waals surface area (Å²) < 4.78 is 11.8. The summed E-state index contributed by atoms with van der Waals surface area (Å²) in [5.41, 5.74) is 4.91. The molecule has 0 aromatic carbocycles. The molecule has 0 saturated carbocycles. The summed E-state index contributed by atoms with van der Waals surface area (Å²) in [4.78, 5) is 15.2. The van der Waals surface area contributed by atoms with Crippen LogP contribution in [0.3, 0.4) is 0 Å². The van der Waals surface area contributed by atoms with Crippen molar-refractivity contribution in [1.82, 2.24) is 9.55 Å². The Balaban J connectivity index is 2.17. The lowest BCUT2D eigenvalue weighted by Crippen LogP contribution is -2.28. The van der Waals surface area contributed by atoms with Crippen molar-refractivity contribution in [2.24, 2.45) is 0 Å². The molecule has 1 aliphatic rings. The molecule has 0 spiro atoms. The number of hydrogen-bond acceptors (Lipinski definition) is 6. The van der Waals surface area contributed by atoms with E-state index >= 15 is 0 Å². The van der Waals surface area contributed by atoms with Gasteiger partial charge in [0.15, 0.2) is 0 Å². The minimum Gasteiger partial charge on any atom is -0.390 e. The molecule has 1 saturated heterocycles. The molecule has 1 aromatic rings. The first-order valence-electron chi connectivity index (χ1n) is 5.29. The number of nitrogen functional groups attached to an aromatic ring is 1. The normalized spacial score (nSPS) is 28.5. The van der Waals surface area contributed by atoms with Crippen molar-refractivity contribution in [3.63, 3.8) is 0 Å². The Morgan fingerprint density at radius 2 is 2.53 bits per heavy atom. The van der Waals surface area contributed by atoms with Crippen molar-refractivity contribution >= 4 is 5.82 Å². The molecule has 1 aromatic heterocycles. The summed E-state index contributed by atoms with van der Waals surface area (Å²) in [6.07, 6.45) is 0.251. The average Bonchev–Trinajstić information content (AvgIpc) is 2.60. The van der Waals surface area contributed by atoms with Crippen LogP contribution < -0.4 is 11.4 Å². The summed E-state index contributed by atoms with van der Waals surface area (Å²) >= 11 is 0. The summed E-state index contributed by atoms with van der Waals surface area (Å²) in [6.45, 7) is 0.287. The Morgan fingerprint density at radius 1 is 1.76 bits per heavy atom. The van der Waals surface area contributed by atoms with Gasteiger partial charge in [0.1, 0.15) is 18.1 Å². The highest BCUT2D eigenvalue weighted by Crippen LogP contribution is 2.27. The molecule has 7 nitrogen and oxygen atoms in total. The van der Waals surface area contributed by atoms with E-state index < -0.39 is 24.1 Å². The lowest BCUT2D eigenvalue weighted by Gasteiger charge is -2.15. The maximum Gasteiger partial charge on any atom is 0.351 e. The van der Waals surface area contributed by atoms with Crippen LogP contribution in [-0.2, 0) is 9.47 Å². The molecule has 2 rings (SSSR count). The smallest absolute Gasteiger partial charge is 0.351 e. The van der Waals surface area contributed by atoms with Crippen LogP contribution in [0.1, 0.15) is 12.6 Å². The van der Waals surface area contributed by atoms with E-state index in [0.717, 1.165) is 0 Å². The third-order valence-electron chi connectivity index (χ3n) is 2.70. The van der Waals surface area contributed by atoms with Gasteiger partial charge in [-0.3, -0.25) is 4.57 Å². The number of hydrogen-bond donors (Lipinski definition) is 2. The molecule has 3 atom stereocenters. The van der Waals surface area contributed by atoms with Gasteiger partial charge in [-0.2, -0.15) is 4.98 Å². The van der Waals surface area contributed by atoms with Crippen LogP contribution in [-0.4, -0.2) is 40.6 Å². The Morgan fingerprint density at radius 3 is 3.18 bits per heavy atom. The molecule has 0 unspecified atom stereocenters. The number of rotatable bonds is 3. The van der Waals surface area contributed by atoms with Crippen LogP contribution in [0.15, 0.2) is 17.1 Å². The number of aromatic nitrogens is 2. The SMILES string of the molecule is COC[C@H]1O[C@@H](n2ccc(N)nc2=O)C[C@@H]1O. The molecule has 7 heteroatoms. The van der Waals surface area contributed by atoms with Crippen LogP contribution >= 0.6 is 0 Å². The van der Waals surface area contributed by atoms with Crippen LogP contribution in [0.5, 0.6) is 0 Å². The first-order valence-corrected chi connectivity index (χ1v) is 5.29. The highest BCUT2D eigenvalue weighted by Gasteiger charge is 2.35. The zero-order valence-corrected chi connectivity index (χ0v) is 9.44. The Bertz CT molecular complexity index is 447. The maximum atomic E-state index is 11.6. The van der Waals surface area contributed by atoms with Crippen LogP contribution in [0.2, 0.25) is 0 Å². The quantitative estimate of drug-likeness (QED) is 0.713. The predicted molar refractivity (Wildman–Crippen MR) is 59.3 cm³/mol. The first-order chi connectivity index (χ1) is 8.11. The van der Waals surface area contributed by atoms with Gasteiger partial charge in [-0.05, 0) is 6.07 Å². The summed E-state index contributed by atoms with van der Waals surface area (Å²) in [7, 11) is 1.53. The van der Waals surface area contributed by atoms with Gasteiger partial charge in [0, 0.05) is 19.7 Å². The predicted octanol–water partition coefficient (Wildman–Crippen LogP) is -0.880. The second-order valence-corrected chi connectivity index (χ2v) is 3.93. The molecule has 17 heavy (non-hydrogen) atoms. The largest absolute Gasteiger partial charge is 0.390 e. The molecule has 1 fully saturated rings. The van der Waals surface area contributed by atoms with Crippen molar-refractivity contribution in [3.8, 4) is 0 Å². The molecule has 0 amide bonds. The van der Waals surface area contributed by atoms with Crippen molar-refractivity contribution in [1.29, 1.82) is 0 Å². The van der Waals surface area contributed by atoms with Crippen LogP contribution in [0.25, 0.3) is 0 Å². The van der Waals surface area contributed by atoms with Crippen molar-refractivity contribution in [2.75, 3.05) is 19.5 Å². The molecule has 0 radical (unpaired) electrons. The monoisotopic (exact) mass is 241 g/mol. The Kier molecular flexibility index (Phi) is 3.41. The lowest BCUT2D eigenvalue weighted by atomic mass is 10.2. The number of aliphatic hydroxyl groups is 1. The average molecular weight is 241 g/mol. The van der Waals surface area contributed by atoms with Crippen molar-refractivity contribution < 1.29 is 14.6 Å². The van der Waals surface area contributed by atoms with Gasteiger partial charge < -0.3 is 20.3 Å². The fourth-order valence-corrected chi connectivity index (χ4v) is 1.85. The molecule has 2 heterocycles. The maximum absolute atomic E-state index is 11.6. The van der Waals surface area contributed by atoms with Crippen LogP contribution in [0, 0.1) is 0 Å². The van der Waals surface area contributed by atoms with E-state index in [1.165, 1.54) is 23.9 Å². The first kappa shape index (κ1) is 12.0. The van der Waals surface area contributed by atoms with Crippen molar-refractivity contribution in [2.45, 2.75) is 24.9 Å². The van der Waals surface area contributed by atoms with Crippen molar-refractivity contribution in [3.05, 3.63) is 22.7 Å². The third kappa shape index (κ3) is 2.46. The van der Waals surface area contributed by atoms with E-state index in [-0.39, 0.29) is 12.4 Å². The molecule has 1 aliphatic heterocycles. The molecule has 94 valence electrons. The summed E-state index contributed by atoms with van der Waals surface area (Å²) in [6, 6.07) is 1.51. The summed E-state index contributed by atoms with van der Waals surface area (Å²) in [5, 5.41) is 9.73. The Labute approximate surface area is 97.8 Å². The minimum atomic E-state index is -0.649. The number of aliphatic hydroxyl groups excluding tert-OH is 1. The zero-order chi connectivity index (χ0) is 12.4. The van der Waals surface area contributed by atoms with Gasteiger partial charge in [-0.1, -0.05) is 0 Å². The van der Waals surface area contributed by atoms with E-state index in [1.807, 2.05) is 0 Å². The second-order valence-electron chi connectivity index (χ2n) is 3.93. The summed E-state index contributed by atoms with van der Waals surface area (Å²) in [5.74, 6) is 0.165. The minimum absolute atomic E-state index is 0.165. The fourth-order valence-electron chi connectivity index (χ4n) is 1.85. The van der Waals surface area contributed by atoms with Gasteiger partial charge in [0.2, 0.25) is 0 Å². The number of nitrogens with two attached hydrogens (primary N) is 1. The van der Waals surface area contributed by atoms with E-state index in [2.05, 4.69) is 4.98 Å². The second kappa shape index (κ2) is 4.82. The fraction of sp³-hybridized carbons (Fsp3) is 0.600. The van der Waals surface area contributed by atoms with E-state index in [0.29, 0.717) is 6.42 Å². The van der Waals surface area contributed by atoms with Gasteiger partial charge >= 0.3 is 5.69 Å². The molecule has 3 N–H and O–H groups in total. The number of anilines is 1. The standard InChI is InChI=1S/C10H15N3O4/c1-16-5-7-6(14)4-9(17-7)13-3-2-8(11)12-10(13)15/h2-3,6-7,9,14H,4-5H2,1H3,(H2,11,12,15)/t6-,7+,9+/m0/s1. The number of methoxy groups -OCH3 is 1. The molecule has 0 aliphatic carbocycles. The molecule has 0 bridgehead atoms. The van der Waals surface area contributed by atoms with Gasteiger partial charge in [-0.25, -0.2) is 4.79 Å². The molecular weight excluding hydrogens is 226 g/mol. The lowest BCUT2D eigenvalue weighted by molar-refractivity contribution is -0.0546. The Hall–Kier alpha value is -1.44. The topological polar surface area (TPSA) is 99.6 Å². The third-order valence-corrected chi connectivity index (χ3v) is 2.70. The van der Waals surface area contributed by atoms with Gasteiger partial charge in [-0.15, -0.1) is 0 Å². The number of nitrogens with zero attached hydrogens (tertiary/aromatic N) is 2. The molecular formula is C10H15N3O4. The van der Waals surface area contributed by atoms with Gasteiger partial charge in [0.25, 0.3) is 0 Å².